The fourth-order valence-electron chi connectivity index (χ4n) is 2.11. The van der Waals surface area contributed by atoms with Crippen LogP contribution in [0.5, 0.6) is 0 Å². The highest BCUT2D eigenvalue weighted by Crippen LogP contribution is 2.22. The lowest BCUT2D eigenvalue weighted by Gasteiger charge is -2.19. The van der Waals surface area contributed by atoms with Crippen LogP contribution < -0.4 is 10.6 Å². The maximum absolute atomic E-state index is 10.5. The van der Waals surface area contributed by atoms with E-state index in [2.05, 4.69) is 22.5 Å². The fourth-order valence-corrected chi connectivity index (χ4v) is 2.11. The van der Waals surface area contributed by atoms with Gasteiger partial charge in [0.15, 0.2) is 5.96 Å². The van der Waals surface area contributed by atoms with Crippen molar-refractivity contribution >= 4 is 5.96 Å². The van der Waals surface area contributed by atoms with E-state index >= 15 is 0 Å². The molecule has 6 nitrogen and oxygen atoms in total. The highest BCUT2D eigenvalue weighted by molar-refractivity contribution is 5.79. The molecule has 0 aromatic carbocycles. The van der Waals surface area contributed by atoms with Gasteiger partial charge in [-0.05, 0) is 45.7 Å². The predicted molar refractivity (Wildman–Crippen MR) is 97.3 cm³/mol. The second kappa shape index (κ2) is 11.1. The molecule has 0 aliphatic heterocycles. The average Bonchev–Trinajstić information content (AvgIpc) is 2.99. The second-order valence-electron chi connectivity index (χ2n) is 6.13. The van der Waals surface area contributed by atoms with Crippen molar-refractivity contribution in [1.82, 2.24) is 10.6 Å². The van der Waals surface area contributed by atoms with Crippen LogP contribution >= 0.6 is 0 Å². The van der Waals surface area contributed by atoms with Crippen LogP contribution in [0.15, 0.2) is 21.5 Å². The molecule has 0 saturated heterocycles. The molecule has 0 amide bonds. The summed E-state index contributed by atoms with van der Waals surface area (Å²) in [6, 6.07) is 3.63. The molecule has 3 N–H and O–H groups in total. The van der Waals surface area contributed by atoms with Crippen molar-refractivity contribution in [3.05, 3.63) is 23.7 Å². The van der Waals surface area contributed by atoms with E-state index in [9.17, 15) is 5.11 Å². The van der Waals surface area contributed by atoms with E-state index in [1.165, 1.54) is 0 Å². The third-order valence-electron chi connectivity index (χ3n) is 3.56. The zero-order valence-corrected chi connectivity index (χ0v) is 15.5. The number of ether oxygens (including phenoxy) is 1. The van der Waals surface area contributed by atoms with E-state index in [0.29, 0.717) is 11.7 Å². The largest absolute Gasteiger partial charge is 0.463 e. The summed E-state index contributed by atoms with van der Waals surface area (Å²) in [5.74, 6) is 2.00. The Balaban J connectivity index is 2.41. The molecule has 138 valence electrons. The molecule has 0 saturated carbocycles. The first-order chi connectivity index (χ1) is 11.5. The molecule has 0 aliphatic carbocycles. The zero-order valence-electron chi connectivity index (χ0n) is 15.5. The summed E-state index contributed by atoms with van der Waals surface area (Å²) < 4.78 is 11.0. The number of rotatable bonds is 11. The Morgan fingerprint density at radius 3 is 2.62 bits per heavy atom. The van der Waals surface area contributed by atoms with Gasteiger partial charge >= 0.3 is 0 Å². The minimum Gasteiger partial charge on any atom is -0.463 e. The summed E-state index contributed by atoms with van der Waals surface area (Å²) in [5.41, 5.74) is -1.13. The standard InChI is InChI=1S/C18H33N3O3/c1-5-7-12-23-13-8-11-20-17(19-6-2)21-14-18(4,22)16-10-9-15(3)24-16/h9-10,22H,5-8,11-14H2,1-4H3,(H2,19,20,21). The number of aliphatic imine (C=N–C) groups is 1. The summed E-state index contributed by atoms with van der Waals surface area (Å²) in [5, 5.41) is 17.0. The number of nitrogens with zero attached hydrogens (tertiary/aromatic N) is 1. The van der Waals surface area contributed by atoms with Crippen LogP contribution in [-0.2, 0) is 10.3 Å². The number of nitrogens with one attached hydrogen (secondary N) is 2. The van der Waals surface area contributed by atoms with Gasteiger partial charge in [-0.15, -0.1) is 0 Å². The Labute approximate surface area is 145 Å². The predicted octanol–water partition coefficient (Wildman–Crippen LogP) is 2.56. The summed E-state index contributed by atoms with van der Waals surface area (Å²) in [7, 11) is 0. The van der Waals surface area contributed by atoms with Crippen LogP contribution in [0.4, 0.5) is 0 Å². The number of hydrogen-bond acceptors (Lipinski definition) is 4. The maximum Gasteiger partial charge on any atom is 0.191 e. The van der Waals surface area contributed by atoms with Crippen LogP contribution in [-0.4, -0.2) is 43.9 Å². The van der Waals surface area contributed by atoms with Gasteiger partial charge in [0, 0.05) is 26.3 Å². The van der Waals surface area contributed by atoms with Crippen molar-refractivity contribution in [3.63, 3.8) is 0 Å². The minimum atomic E-state index is -1.13. The molecular weight excluding hydrogens is 306 g/mol. The molecular formula is C18H33N3O3. The van der Waals surface area contributed by atoms with Gasteiger partial charge < -0.3 is 24.9 Å². The zero-order chi connectivity index (χ0) is 17.8. The first kappa shape index (κ1) is 20.5. The van der Waals surface area contributed by atoms with Gasteiger partial charge in [-0.3, -0.25) is 0 Å². The molecule has 1 unspecified atom stereocenters. The molecule has 0 bridgehead atoms. The van der Waals surface area contributed by atoms with E-state index in [1.54, 1.807) is 13.0 Å². The van der Waals surface area contributed by atoms with Crippen molar-refractivity contribution < 1.29 is 14.3 Å². The average molecular weight is 339 g/mol. The van der Waals surface area contributed by atoms with Gasteiger partial charge in [0.25, 0.3) is 0 Å². The molecule has 24 heavy (non-hydrogen) atoms. The monoisotopic (exact) mass is 339 g/mol. The van der Waals surface area contributed by atoms with Crippen LogP contribution in [0.2, 0.25) is 0 Å². The maximum atomic E-state index is 10.5. The smallest absolute Gasteiger partial charge is 0.191 e. The topological polar surface area (TPSA) is 79.0 Å². The first-order valence-corrected chi connectivity index (χ1v) is 8.88. The molecule has 1 aromatic heterocycles. The van der Waals surface area contributed by atoms with Crippen molar-refractivity contribution in [2.24, 2.45) is 4.99 Å². The van der Waals surface area contributed by atoms with Crippen molar-refractivity contribution in [2.45, 2.75) is 52.6 Å². The highest BCUT2D eigenvalue weighted by Gasteiger charge is 2.26. The first-order valence-electron chi connectivity index (χ1n) is 8.88. The summed E-state index contributed by atoms with van der Waals surface area (Å²) >= 11 is 0. The molecule has 1 rings (SSSR count). The molecule has 0 aliphatic rings. The van der Waals surface area contributed by atoms with Gasteiger partial charge in [0.2, 0.25) is 0 Å². The molecule has 1 heterocycles. The van der Waals surface area contributed by atoms with Crippen molar-refractivity contribution in [3.8, 4) is 0 Å². The van der Waals surface area contributed by atoms with Crippen molar-refractivity contribution in [1.29, 1.82) is 0 Å². The second-order valence-corrected chi connectivity index (χ2v) is 6.13. The third-order valence-corrected chi connectivity index (χ3v) is 3.56. The number of guanidine groups is 1. The highest BCUT2D eigenvalue weighted by atomic mass is 16.5. The van der Waals surface area contributed by atoms with Crippen LogP contribution in [0.3, 0.4) is 0 Å². The number of aliphatic hydroxyl groups is 1. The summed E-state index contributed by atoms with van der Waals surface area (Å²) in [6.45, 7) is 11.1. The van der Waals surface area contributed by atoms with Gasteiger partial charge in [-0.25, -0.2) is 4.99 Å². The lowest BCUT2D eigenvalue weighted by Crippen LogP contribution is -2.39. The lowest BCUT2D eigenvalue weighted by molar-refractivity contribution is 0.0428. The fraction of sp³-hybridized carbons (Fsp3) is 0.722. The Morgan fingerprint density at radius 1 is 1.25 bits per heavy atom. The number of aryl methyl sites for hydroxylation is 1. The van der Waals surface area contributed by atoms with Crippen LogP contribution in [0.25, 0.3) is 0 Å². The van der Waals surface area contributed by atoms with Gasteiger partial charge in [-0.2, -0.15) is 0 Å². The Kier molecular flexibility index (Phi) is 9.49. The normalized spacial score (nSPS) is 14.5. The van der Waals surface area contributed by atoms with Crippen LogP contribution in [0.1, 0.15) is 51.6 Å². The van der Waals surface area contributed by atoms with Crippen LogP contribution in [0, 0.1) is 6.92 Å². The van der Waals surface area contributed by atoms with E-state index in [1.807, 2.05) is 19.9 Å². The SMILES string of the molecule is CCCCOCCCNC(=NCC(C)(O)c1ccc(C)o1)NCC. The quantitative estimate of drug-likeness (QED) is 0.328. The Bertz CT molecular complexity index is 484. The molecule has 0 radical (unpaired) electrons. The van der Waals surface area contributed by atoms with Gasteiger partial charge in [-0.1, -0.05) is 13.3 Å². The Hall–Kier alpha value is -1.53. The molecule has 6 heteroatoms. The number of hydrogen-bond donors (Lipinski definition) is 3. The lowest BCUT2D eigenvalue weighted by atomic mass is 10.0. The molecule has 1 aromatic rings. The van der Waals surface area contributed by atoms with Crippen molar-refractivity contribution in [2.75, 3.05) is 32.8 Å². The third kappa shape index (κ3) is 7.84. The van der Waals surface area contributed by atoms with Gasteiger partial charge in [0.1, 0.15) is 17.1 Å². The minimum absolute atomic E-state index is 0.224. The number of unbranched alkanes of at least 4 members (excludes halogenated alkanes) is 1. The van der Waals surface area contributed by atoms with E-state index in [4.69, 9.17) is 9.15 Å². The van der Waals surface area contributed by atoms with Gasteiger partial charge in [0.05, 0.1) is 6.54 Å². The summed E-state index contributed by atoms with van der Waals surface area (Å²) in [4.78, 5) is 4.46. The van der Waals surface area contributed by atoms with E-state index in [-0.39, 0.29) is 6.54 Å². The molecule has 1 atom stereocenters. The molecule has 0 fully saturated rings. The summed E-state index contributed by atoms with van der Waals surface area (Å²) in [6.07, 6.45) is 3.19. The molecule has 0 spiro atoms. The Morgan fingerprint density at radius 2 is 2.00 bits per heavy atom. The van der Waals surface area contributed by atoms with E-state index < -0.39 is 5.60 Å². The van der Waals surface area contributed by atoms with E-state index in [0.717, 1.165) is 51.3 Å². The number of furan rings is 1.